The minimum absolute atomic E-state index is 0.153. The zero-order valence-electron chi connectivity index (χ0n) is 27.3. The lowest BCUT2D eigenvalue weighted by molar-refractivity contribution is 0.165. The second-order valence-corrected chi connectivity index (χ2v) is 15.0. The lowest BCUT2D eigenvalue weighted by atomic mass is 9.68. The standard InChI is InChI=1S/C41H56/c1-8-32-26-37(35-18-16-34(17-19-35)33-14-9-28(2)10-15-33)21-20-36(32)24-31-13-12-30(4)38(25-31)27-39-23-29(3)11-22-40(39)41(5,6)7/h11-13,20-23,25-26,28,33-35H,8-10,14-19,24,27H2,1-7H3. The van der Waals surface area contributed by atoms with E-state index in [4.69, 9.17) is 0 Å². The Labute approximate surface area is 252 Å². The van der Waals surface area contributed by atoms with E-state index in [0.717, 1.165) is 42.9 Å². The summed E-state index contributed by atoms with van der Waals surface area (Å²) in [5.74, 6) is 3.75. The molecule has 0 saturated heterocycles. The van der Waals surface area contributed by atoms with E-state index in [0.29, 0.717) is 0 Å². The third-order valence-electron chi connectivity index (χ3n) is 10.8. The molecule has 0 atom stereocenters. The van der Waals surface area contributed by atoms with Crippen LogP contribution in [0.4, 0.5) is 0 Å². The summed E-state index contributed by atoms with van der Waals surface area (Å²) >= 11 is 0. The molecule has 5 rings (SSSR count). The fourth-order valence-corrected chi connectivity index (χ4v) is 8.13. The number of aryl methyl sites for hydroxylation is 3. The lowest BCUT2D eigenvalue weighted by Crippen LogP contribution is -2.24. The molecule has 0 heterocycles. The molecule has 3 aromatic rings. The third-order valence-corrected chi connectivity index (χ3v) is 10.8. The van der Waals surface area contributed by atoms with Gasteiger partial charge in [0.25, 0.3) is 0 Å². The van der Waals surface area contributed by atoms with E-state index < -0.39 is 0 Å². The summed E-state index contributed by atoms with van der Waals surface area (Å²) in [4.78, 5) is 0. The van der Waals surface area contributed by atoms with Crippen molar-refractivity contribution in [2.45, 2.75) is 130 Å². The minimum Gasteiger partial charge on any atom is -0.0625 e. The molecule has 3 aromatic carbocycles. The van der Waals surface area contributed by atoms with Gasteiger partial charge in [-0.2, -0.15) is 0 Å². The Morgan fingerprint density at radius 2 is 1.32 bits per heavy atom. The van der Waals surface area contributed by atoms with E-state index in [1.807, 2.05) is 0 Å². The molecule has 0 radical (unpaired) electrons. The summed E-state index contributed by atoms with van der Waals surface area (Å²) < 4.78 is 0. The van der Waals surface area contributed by atoms with Crippen LogP contribution in [0.5, 0.6) is 0 Å². The number of hydrogen-bond acceptors (Lipinski definition) is 0. The second-order valence-electron chi connectivity index (χ2n) is 15.0. The normalized spacial score (nSPS) is 23.5. The van der Waals surface area contributed by atoms with Crippen molar-refractivity contribution < 1.29 is 0 Å². The Morgan fingerprint density at radius 1 is 0.634 bits per heavy atom. The summed E-state index contributed by atoms with van der Waals surface area (Å²) in [7, 11) is 0. The highest BCUT2D eigenvalue weighted by Gasteiger charge is 2.30. The molecule has 2 aliphatic rings. The average Bonchev–Trinajstić information content (AvgIpc) is 2.95. The van der Waals surface area contributed by atoms with Crippen molar-refractivity contribution in [3.8, 4) is 0 Å². The highest BCUT2D eigenvalue weighted by atomic mass is 14.4. The molecule has 0 N–H and O–H groups in total. The topological polar surface area (TPSA) is 0 Å². The SMILES string of the molecule is CCc1cc(C2CCC(C3CCC(C)CC3)CC2)ccc1Cc1ccc(C)c(Cc2cc(C)ccc2C(C)(C)C)c1. The zero-order chi connectivity index (χ0) is 29.1. The maximum atomic E-state index is 2.58. The van der Waals surface area contributed by atoms with Crippen molar-refractivity contribution in [1.29, 1.82) is 0 Å². The monoisotopic (exact) mass is 548 g/mol. The summed E-state index contributed by atoms with van der Waals surface area (Å²) in [6, 6.07) is 21.8. The van der Waals surface area contributed by atoms with Crippen molar-refractivity contribution in [2.75, 3.05) is 0 Å². The van der Waals surface area contributed by atoms with E-state index in [1.54, 1.807) is 11.1 Å². The van der Waals surface area contributed by atoms with Gasteiger partial charge in [-0.25, -0.2) is 0 Å². The van der Waals surface area contributed by atoms with Gasteiger partial charge in [0.1, 0.15) is 0 Å². The summed E-state index contributed by atoms with van der Waals surface area (Å²) in [6.07, 6.45) is 14.8. The minimum atomic E-state index is 0.153. The van der Waals surface area contributed by atoms with Crippen molar-refractivity contribution in [2.24, 2.45) is 17.8 Å². The van der Waals surface area contributed by atoms with Crippen molar-refractivity contribution >= 4 is 0 Å². The smallest absolute Gasteiger partial charge is 0.00200 e. The Morgan fingerprint density at radius 3 is 1.98 bits per heavy atom. The fraction of sp³-hybridized carbons (Fsp3) is 0.561. The van der Waals surface area contributed by atoms with E-state index in [2.05, 4.69) is 103 Å². The first-order chi connectivity index (χ1) is 19.6. The van der Waals surface area contributed by atoms with E-state index in [1.165, 1.54) is 90.3 Å². The van der Waals surface area contributed by atoms with Crippen LogP contribution >= 0.6 is 0 Å². The van der Waals surface area contributed by atoms with Crippen LogP contribution in [0.1, 0.15) is 142 Å². The molecule has 0 spiro atoms. The first-order valence-electron chi connectivity index (χ1n) is 16.9. The molecule has 0 aromatic heterocycles. The van der Waals surface area contributed by atoms with Gasteiger partial charge in [-0.05, 0) is 145 Å². The molecular formula is C41H56. The zero-order valence-corrected chi connectivity index (χ0v) is 27.3. The molecule has 0 amide bonds. The Bertz CT molecular complexity index is 1300. The number of rotatable bonds is 7. The largest absolute Gasteiger partial charge is 0.0625 e. The molecule has 0 heteroatoms. The highest BCUT2D eigenvalue weighted by molar-refractivity contribution is 5.44. The van der Waals surface area contributed by atoms with Crippen LogP contribution in [0.2, 0.25) is 0 Å². The van der Waals surface area contributed by atoms with Gasteiger partial charge in [-0.3, -0.25) is 0 Å². The second kappa shape index (κ2) is 12.9. The van der Waals surface area contributed by atoms with Crippen molar-refractivity contribution in [1.82, 2.24) is 0 Å². The third kappa shape index (κ3) is 7.36. The molecular weight excluding hydrogens is 492 g/mol. The van der Waals surface area contributed by atoms with Gasteiger partial charge < -0.3 is 0 Å². The first kappa shape index (κ1) is 30.1. The average molecular weight is 549 g/mol. The van der Waals surface area contributed by atoms with Gasteiger partial charge in [0, 0.05) is 0 Å². The van der Waals surface area contributed by atoms with Crippen LogP contribution in [-0.4, -0.2) is 0 Å². The van der Waals surface area contributed by atoms with Crippen LogP contribution in [0.3, 0.4) is 0 Å². The molecule has 0 aliphatic heterocycles. The highest BCUT2D eigenvalue weighted by Crippen LogP contribution is 2.44. The molecule has 0 unspecified atom stereocenters. The molecule has 2 saturated carbocycles. The predicted octanol–water partition coefficient (Wildman–Crippen LogP) is 11.4. The van der Waals surface area contributed by atoms with Gasteiger partial charge in [0.2, 0.25) is 0 Å². The van der Waals surface area contributed by atoms with Crippen LogP contribution in [0.25, 0.3) is 0 Å². The maximum absolute atomic E-state index is 2.58. The Balaban J connectivity index is 1.28. The molecule has 2 aliphatic carbocycles. The van der Waals surface area contributed by atoms with Crippen LogP contribution in [-0.2, 0) is 24.7 Å². The molecule has 0 nitrogen and oxygen atoms in total. The van der Waals surface area contributed by atoms with Gasteiger partial charge in [-0.1, -0.05) is 108 Å². The van der Waals surface area contributed by atoms with Crippen LogP contribution < -0.4 is 0 Å². The molecule has 220 valence electrons. The van der Waals surface area contributed by atoms with Gasteiger partial charge in [0.15, 0.2) is 0 Å². The maximum Gasteiger partial charge on any atom is -0.00200 e. The van der Waals surface area contributed by atoms with Gasteiger partial charge in [-0.15, -0.1) is 0 Å². The van der Waals surface area contributed by atoms with Gasteiger partial charge >= 0.3 is 0 Å². The van der Waals surface area contributed by atoms with Gasteiger partial charge in [0.05, 0.1) is 0 Å². The quantitative estimate of drug-likeness (QED) is 0.275. The first-order valence-corrected chi connectivity index (χ1v) is 16.9. The van der Waals surface area contributed by atoms with E-state index in [9.17, 15) is 0 Å². The predicted molar refractivity (Wildman–Crippen MR) is 178 cm³/mol. The lowest BCUT2D eigenvalue weighted by Gasteiger charge is -2.37. The summed E-state index contributed by atoms with van der Waals surface area (Å²) in [5, 5.41) is 0. The van der Waals surface area contributed by atoms with Crippen LogP contribution in [0, 0.1) is 31.6 Å². The van der Waals surface area contributed by atoms with Crippen molar-refractivity contribution in [3.63, 3.8) is 0 Å². The van der Waals surface area contributed by atoms with E-state index in [-0.39, 0.29) is 5.41 Å². The fourth-order valence-electron chi connectivity index (χ4n) is 8.13. The van der Waals surface area contributed by atoms with Crippen molar-refractivity contribution in [3.05, 3.63) is 105 Å². The summed E-state index contributed by atoms with van der Waals surface area (Å²) in [6.45, 7) is 16.3. The molecule has 2 fully saturated rings. The van der Waals surface area contributed by atoms with E-state index >= 15 is 0 Å². The Hall–Kier alpha value is -2.34. The molecule has 41 heavy (non-hydrogen) atoms. The van der Waals surface area contributed by atoms with Crippen LogP contribution in [0.15, 0.2) is 54.6 Å². The molecule has 0 bridgehead atoms. The number of benzene rings is 3. The summed E-state index contributed by atoms with van der Waals surface area (Å²) in [5.41, 5.74) is 13.5. The Kier molecular flexibility index (Phi) is 9.47. The number of hydrogen-bond donors (Lipinski definition) is 0.